The van der Waals surface area contributed by atoms with E-state index < -0.39 is 17.9 Å². The SMILES string of the molecule is COCCN(Cc1ccc(C(=O)O)o1)CC(C)C(=O)O. The van der Waals surface area contributed by atoms with Crippen molar-refractivity contribution >= 4 is 11.9 Å². The number of hydrogen-bond donors (Lipinski definition) is 2. The van der Waals surface area contributed by atoms with E-state index in [0.717, 1.165) is 0 Å². The van der Waals surface area contributed by atoms with Crippen molar-refractivity contribution in [3.63, 3.8) is 0 Å². The Hall–Kier alpha value is -1.86. The third kappa shape index (κ3) is 5.02. The number of furan rings is 1. The van der Waals surface area contributed by atoms with Crippen LogP contribution in [-0.2, 0) is 16.1 Å². The van der Waals surface area contributed by atoms with Gasteiger partial charge in [0.15, 0.2) is 0 Å². The number of rotatable bonds is 9. The Kier molecular flexibility index (Phi) is 6.20. The van der Waals surface area contributed by atoms with E-state index in [1.54, 1.807) is 20.1 Å². The molecule has 7 nitrogen and oxygen atoms in total. The standard InChI is InChI=1S/C13H19NO6/c1-9(12(15)16)7-14(5-6-19-2)8-10-3-4-11(20-10)13(17)18/h3-4,9H,5-8H2,1-2H3,(H,15,16)(H,17,18). The van der Waals surface area contributed by atoms with Crippen LogP contribution >= 0.6 is 0 Å². The summed E-state index contributed by atoms with van der Waals surface area (Å²) < 4.78 is 10.1. The Bertz CT molecular complexity index is 455. The molecule has 7 heteroatoms. The van der Waals surface area contributed by atoms with Gasteiger partial charge in [-0.05, 0) is 12.1 Å². The van der Waals surface area contributed by atoms with Gasteiger partial charge in [-0.3, -0.25) is 9.69 Å². The topological polar surface area (TPSA) is 100 Å². The number of carboxylic acid groups (broad SMARTS) is 2. The van der Waals surface area contributed by atoms with Gasteiger partial charge in [-0.15, -0.1) is 0 Å². The Balaban J connectivity index is 2.67. The van der Waals surface area contributed by atoms with E-state index in [1.807, 2.05) is 4.90 Å². The number of ether oxygens (including phenoxy) is 1. The molecule has 1 aromatic heterocycles. The monoisotopic (exact) mass is 285 g/mol. The Morgan fingerprint density at radius 3 is 2.60 bits per heavy atom. The predicted octanol–water partition coefficient (Wildman–Crippen LogP) is 1.15. The molecule has 0 aliphatic carbocycles. The number of aliphatic carboxylic acids is 1. The van der Waals surface area contributed by atoms with Crippen LogP contribution < -0.4 is 0 Å². The lowest BCUT2D eigenvalue weighted by atomic mass is 10.1. The fraction of sp³-hybridized carbons (Fsp3) is 0.538. The molecule has 0 bridgehead atoms. The van der Waals surface area contributed by atoms with Crippen LogP contribution in [-0.4, -0.2) is 53.9 Å². The van der Waals surface area contributed by atoms with Crippen LogP contribution in [0.3, 0.4) is 0 Å². The van der Waals surface area contributed by atoms with Crippen molar-refractivity contribution in [2.75, 3.05) is 26.8 Å². The first kappa shape index (κ1) is 16.2. The average Bonchev–Trinajstić information content (AvgIpc) is 2.84. The van der Waals surface area contributed by atoms with E-state index in [-0.39, 0.29) is 5.76 Å². The van der Waals surface area contributed by atoms with Crippen molar-refractivity contribution < 1.29 is 29.0 Å². The van der Waals surface area contributed by atoms with E-state index in [9.17, 15) is 9.59 Å². The van der Waals surface area contributed by atoms with Crippen molar-refractivity contribution in [2.24, 2.45) is 5.92 Å². The third-order valence-electron chi connectivity index (χ3n) is 2.82. The highest BCUT2D eigenvalue weighted by Crippen LogP contribution is 2.12. The van der Waals surface area contributed by atoms with Gasteiger partial charge in [0.2, 0.25) is 5.76 Å². The molecule has 0 radical (unpaired) electrons. The zero-order chi connectivity index (χ0) is 15.1. The summed E-state index contributed by atoms with van der Waals surface area (Å²) in [5.41, 5.74) is 0. The molecule has 1 atom stereocenters. The molecule has 0 saturated carbocycles. The lowest BCUT2D eigenvalue weighted by Gasteiger charge is -2.22. The fourth-order valence-electron chi connectivity index (χ4n) is 1.72. The van der Waals surface area contributed by atoms with Gasteiger partial charge in [-0.2, -0.15) is 0 Å². The van der Waals surface area contributed by atoms with Crippen LogP contribution in [0.15, 0.2) is 16.5 Å². The Morgan fingerprint density at radius 2 is 2.10 bits per heavy atom. The van der Waals surface area contributed by atoms with E-state index in [4.69, 9.17) is 19.4 Å². The van der Waals surface area contributed by atoms with Crippen LogP contribution in [0.2, 0.25) is 0 Å². The zero-order valence-corrected chi connectivity index (χ0v) is 11.5. The zero-order valence-electron chi connectivity index (χ0n) is 11.5. The molecule has 0 saturated heterocycles. The molecular weight excluding hydrogens is 266 g/mol. The third-order valence-corrected chi connectivity index (χ3v) is 2.82. The molecular formula is C13H19NO6. The molecule has 20 heavy (non-hydrogen) atoms. The van der Waals surface area contributed by atoms with Gasteiger partial charge in [0, 0.05) is 20.2 Å². The molecule has 0 aliphatic heterocycles. The Morgan fingerprint density at radius 1 is 1.40 bits per heavy atom. The minimum atomic E-state index is -1.13. The van der Waals surface area contributed by atoms with E-state index in [2.05, 4.69) is 0 Å². The Labute approximate surface area is 116 Å². The minimum Gasteiger partial charge on any atom is -0.481 e. The van der Waals surface area contributed by atoms with Crippen LogP contribution in [0.1, 0.15) is 23.2 Å². The van der Waals surface area contributed by atoms with Gasteiger partial charge in [-0.1, -0.05) is 6.92 Å². The van der Waals surface area contributed by atoms with E-state index in [0.29, 0.717) is 32.0 Å². The number of hydrogen-bond acceptors (Lipinski definition) is 5. The second-order valence-corrected chi connectivity index (χ2v) is 4.54. The molecule has 0 aromatic carbocycles. The van der Waals surface area contributed by atoms with E-state index in [1.165, 1.54) is 6.07 Å². The van der Waals surface area contributed by atoms with Crippen molar-refractivity contribution in [1.29, 1.82) is 0 Å². The highest BCUT2D eigenvalue weighted by Gasteiger charge is 2.18. The van der Waals surface area contributed by atoms with Gasteiger partial charge in [0.25, 0.3) is 0 Å². The van der Waals surface area contributed by atoms with Gasteiger partial charge in [0.1, 0.15) is 5.76 Å². The summed E-state index contributed by atoms with van der Waals surface area (Å²) in [5, 5.41) is 17.7. The summed E-state index contributed by atoms with van der Waals surface area (Å²) in [6.45, 7) is 3.29. The molecule has 2 N–H and O–H groups in total. The number of methoxy groups -OCH3 is 1. The first-order valence-electron chi connectivity index (χ1n) is 6.20. The smallest absolute Gasteiger partial charge is 0.371 e. The second-order valence-electron chi connectivity index (χ2n) is 4.54. The average molecular weight is 285 g/mol. The number of nitrogens with zero attached hydrogens (tertiary/aromatic N) is 1. The normalized spacial score (nSPS) is 12.6. The molecule has 0 spiro atoms. The summed E-state index contributed by atoms with van der Waals surface area (Å²) in [6.07, 6.45) is 0. The first-order valence-corrected chi connectivity index (χ1v) is 6.20. The maximum atomic E-state index is 10.9. The molecule has 1 heterocycles. The largest absolute Gasteiger partial charge is 0.481 e. The molecule has 112 valence electrons. The van der Waals surface area contributed by atoms with Crippen molar-refractivity contribution in [3.8, 4) is 0 Å². The van der Waals surface area contributed by atoms with Crippen LogP contribution in [0.4, 0.5) is 0 Å². The summed E-state index contributed by atoms with van der Waals surface area (Å²) in [5.74, 6) is -2.17. The fourth-order valence-corrected chi connectivity index (χ4v) is 1.72. The van der Waals surface area contributed by atoms with Gasteiger partial charge in [-0.25, -0.2) is 4.79 Å². The van der Waals surface area contributed by atoms with Gasteiger partial charge < -0.3 is 19.4 Å². The van der Waals surface area contributed by atoms with Crippen molar-refractivity contribution in [2.45, 2.75) is 13.5 Å². The van der Waals surface area contributed by atoms with Crippen molar-refractivity contribution in [1.82, 2.24) is 4.90 Å². The van der Waals surface area contributed by atoms with Crippen LogP contribution in [0.5, 0.6) is 0 Å². The van der Waals surface area contributed by atoms with Crippen molar-refractivity contribution in [3.05, 3.63) is 23.7 Å². The second kappa shape index (κ2) is 7.66. The maximum absolute atomic E-state index is 10.9. The van der Waals surface area contributed by atoms with Gasteiger partial charge >= 0.3 is 11.9 Å². The molecule has 0 aliphatic rings. The number of carboxylic acids is 2. The first-order chi connectivity index (χ1) is 9.43. The number of carbonyl (C=O) groups is 2. The molecule has 0 amide bonds. The number of aromatic carboxylic acids is 1. The summed E-state index contributed by atoms with van der Waals surface area (Å²) >= 11 is 0. The maximum Gasteiger partial charge on any atom is 0.371 e. The lowest BCUT2D eigenvalue weighted by molar-refractivity contribution is -0.141. The summed E-state index contributed by atoms with van der Waals surface area (Å²) in [6, 6.07) is 2.96. The molecule has 1 rings (SSSR count). The van der Waals surface area contributed by atoms with Gasteiger partial charge in [0.05, 0.1) is 19.1 Å². The highest BCUT2D eigenvalue weighted by atomic mass is 16.5. The molecule has 1 aromatic rings. The van der Waals surface area contributed by atoms with E-state index >= 15 is 0 Å². The predicted molar refractivity (Wildman–Crippen MR) is 69.6 cm³/mol. The quantitative estimate of drug-likeness (QED) is 0.701. The summed E-state index contributed by atoms with van der Waals surface area (Å²) in [4.78, 5) is 23.5. The highest BCUT2D eigenvalue weighted by molar-refractivity contribution is 5.84. The lowest BCUT2D eigenvalue weighted by Crippen LogP contribution is -2.33. The minimum absolute atomic E-state index is 0.127. The molecule has 0 fully saturated rings. The molecule has 1 unspecified atom stereocenters. The van der Waals surface area contributed by atoms with Crippen LogP contribution in [0.25, 0.3) is 0 Å². The van der Waals surface area contributed by atoms with Crippen LogP contribution in [0, 0.1) is 5.92 Å². The summed E-state index contributed by atoms with van der Waals surface area (Å²) in [7, 11) is 1.56.